The van der Waals surface area contributed by atoms with Crippen LogP contribution in [0, 0.1) is 0 Å². The van der Waals surface area contributed by atoms with Crippen LogP contribution in [0.5, 0.6) is 5.75 Å². The molecule has 0 radical (unpaired) electrons. The minimum atomic E-state index is -0.415. The van der Waals surface area contributed by atoms with Crippen LogP contribution in [-0.4, -0.2) is 63.0 Å². The Bertz CT molecular complexity index is 980. The molecule has 0 saturated heterocycles. The Morgan fingerprint density at radius 2 is 1.91 bits per heavy atom. The van der Waals surface area contributed by atoms with Crippen molar-refractivity contribution in [1.29, 1.82) is 0 Å². The smallest absolute Gasteiger partial charge is 0.356 e. The summed E-state index contributed by atoms with van der Waals surface area (Å²) in [5.74, 6) is 0.235. The predicted molar refractivity (Wildman–Crippen MR) is 131 cm³/mol. The molecule has 1 aromatic carbocycles. The van der Waals surface area contributed by atoms with Crippen molar-refractivity contribution in [3.63, 3.8) is 0 Å². The highest BCUT2D eigenvalue weighted by Crippen LogP contribution is 2.35. The summed E-state index contributed by atoms with van der Waals surface area (Å²) in [5.41, 5.74) is 3.79. The normalized spacial score (nSPS) is 14.9. The van der Waals surface area contributed by atoms with Crippen LogP contribution in [-0.2, 0) is 31.8 Å². The highest BCUT2D eigenvalue weighted by molar-refractivity contribution is 5.87. The molecule has 1 aliphatic rings. The minimum Gasteiger partial charge on any atom is -0.469 e. The lowest BCUT2D eigenvalue weighted by Crippen LogP contribution is -2.34. The molecule has 0 bridgehead atoms. The van der Waals surface area contributed by atoms with Gasteiger partial charge in [0, 0.05) is 32.3 Å². The van der Waals surface area contributed by atoms with Gasteiger partial charge in [-0.2, -0.15) is 0 Å². The van der Waals surface area contributed by atoms with Crippen molar-refractivity contribution in [1.82, 2.24) is 9.88 Å². The number of ether oxygens (including phenoxy) is 4. The van der Waals surface area contributed by atoms with Crippen molar-refractivity contribution in [2.24, 2.45) is 0 Å². The highest BCUT2D eigenvalue weighted by Gasteiger charge is 2.27. The van der Waals surface area contributed by atoms with Crippen LogP contribution in [0.1, 0.15) is 65.3 Å². The van der Waals surface area contributed by atoms with Crippen LogP contribution in [0.3, 0.4) is 0 Å². The molecule has 1 atom stereocenters. The number of pyridine rings is 1. The molecule has 0 N–H and O–H groups in total. The summed E-state index contributed by atoms with van der Waals surface area (Å²) >= 11 is 0. The molecule has 190 valence electrons. The second kappa shape index (κ2) is 13.8. The number of para-hydroxylation sites is 1. The van der Waals surface area contributed by atoms with E-state index in [0.29, 0.717) is 12.1 Å². The summed E-state index contributed by atoms with van der Waals surface area (Å²) in [5, 5.41) is 0. The van der Waals surface area contributed by atoms with Crippen LogP contribution in [0.4, 0.5) is 0 Å². The molecule has 2 aromatic rings. The van der Waals surface area contributed by atoms with E-state index in [1.54, 1.807) is 7.11 Å². The maximum absolute atomic E-state index is 12.0. The number of hydrogen-bond donors (Lipinski definition) is 0. The standard InChI is InChI=1S/C27H36N2O6/c1-32-19-35-25-12-5-4-9-20(25)14-16-29(15-7-6-13-26(30)33-2)24-11-8-10-21-17-23(27(31)34-3)28-18-22(21)24/h4-5,9,12,17-18,24H,6-8,10-11,13-16,19H2,1-3H3. The molecular formula is C27H36N2O6. The molecule has 8 heteroatoms. The van der Waals surface area contributed by atoms with Crippen molar-refractivity contribution < 1.29 is 28.5 Å². The molecular weight excluding hydrogens is 448 g/mol. The molecule has 0 fully saturated rings. The number of unbranched alkanes of at least 4 members (excludes halogenated alkanes) is 1. The van der Waals surface area contributed by atoms with Gasteiger partial charge < -0.3 is 18.9 Å². The van der Waals surface area contributed by atoms with Gasteiger partial charge in [-0.15, -0.1) is 0 Å². The largest absolute Gasteiger partial charge is 0.469 e. The topological polar surface area (TPSA) is 87.2 Å². The molecule has 1 aliphatic carbocycles. The first-order valence-corrected chi connectivity index (χ1v) is 12.1. The zero-order chi connectivity index (χ0) is 25.0. The molecule has 0 spiro atoms. The number of carbonyl (C=O) groups is 2. The number of benzene rings is 1. The van der Waals surface area contributed by atoms with Gasteiger partial charge in [-0.3, -0.25) is 9.69 Å². The number of rotatable bonds is 13. The Morgan fingerprint density at radius 1 is 1.09 bits per heavy atom. The molecule has 1 heterocycles. The number of aromatic nitrogens is 1. The van der Waals surface area contributed by atoms with Gasteiger partial charge in [-0.1, -0.05) is 18.2 Å². The second-order valence-electron chi connectivity index (χ2n) is 8.65. The van der Waals surface area contributed by atoms with E-state index < -0.39 is 5.97 Å². The molecule has 1 unspecified atom stereocenters. The van der Waals surface area contributed by atoms with Crippen molar-refractivity contribution in [2.75, 3.05) is 41.2 Å². The van der Waals surface area contributed by atoms with Gasteiger partial charge in [0.15, 0.2) is 6.79 Å². The third-order valence-electron chi connectivity index (χ3n) is 6.42. The highest BCUT2D eigenvalue weighted by atomic mass is 16.7. The average Bonchev–Trinajstić information content (AvgIpc) is 2.90. The van der Waals surface area contributed by atoms with Crippen molar-refractivity contribution >= 4 is 11.9 Å². The van der Waals surface area contributed by atoms with Crippen molar-refractivity contribution in [3.8, 4) is 5.75 Å². The molecule has 3 rings (SSSR count). The number of hydrogen-bond acceptors (Lipinski definition) is 8. The fourth-order valence-corrected chi connectivity index (χ4v) is 4.61. The van der Waals surface area contributed by atoms with Crippen LogP contribution < -0.4 is 4.74 Å². The van der Waals surface area contributed by atoms with Crippen LogP contribution in [0.2, 0.25) is 0 Å². The number of esters is 2. The molecule has 35 heavy (non-hydrogen) atoms. The number of methoxy groups -OCH3 is 3. The fourth-order valence-electron chi connectivity index (χ4n) is 4.61. The Morgan fingerprint density at radius 3 is 2.69 bits per heavy atom. The van der Waals surface area contributed by atoms with Crippen molar-refractivity contribution in [2.45, 2.75) is 51.0 Å². The lowest BCUT2D eigenvalue weighted by atomic mass is 9.87. The number of fused-ring (bicyclic) bond motifs is 1. The van der Waals surface area contributed by atoms with Gasteiger partial charge in [0.2, 0.25) is 0 Å². The first-order chi connectivity index (χ1) is 17.1. The molecule has 0 saturated carbocycles. The lowest BCUT2D eigenvalue weighted by molar-refractivity contribution is -0.140. The van der Waals surface area contributed by atoms with E-state index in [9.17, 15) is 9.59 Å². The first-order valence-electron chi connectivity index (χ1n) is 12.1. The first kappa shape index (κ1) is 26.6. The van der Waals surface area contributed by atoms with E-state index in [1.165, 1.54) is 19.8 Å². The zero-order valence-electron chi connectivity index (χ0n) is 21.0. The quantitative estimate of drug-likeness (QED) is 0.238. The summed E-state index contributed by atoms with van der Waals surface area (Å²) in [7, 11) is 4.40. The van der Waals surface area contributed by atoms with Crippen LogP contribution >= 0.6 is 0 Å². The Hall–Kier alpha value is -2.97. The lowest BCUT2D eigenvalue weighted by Gasteiger charge is -2.36. The van der Waals surface area contributed by atoms with E-state index in [2.05, 4.69) is 16.0 Å². The van der Waals surface area contributed by atoms with Gasteiger partial charge in [0.05, 0.1) is 14.2 Å². The Balaban J connectivity index is 1.78. The van der Waals surface area contributed by atoms with Crippen LogP contribution in [0.25, 0.3) is 0 Å². The van der Waals surface area contributed by atoms with Crippen molar-refractivity contribution in [3.05, 3.63) is 58.9 Å². The van der Waals surface area contributed by atoms with E-state index in [4.69, 9.17) is 18.9 Å². The third kappa shape index (κ3) is 7.50. The van der Waals surface area contributed by atoms with Gasteiger partial charge in [-0.05, 0) is 73.9 Å². The molecule has 1 aromatic heterocycles. The van der Waals surface area contributed by atoms with E-state index >= 15 is 0 Å². The summed E-state index contributed by atoms with van der Waals surface area (Å²) in [6.07, 6.45) is 7.70. The Labute approximate surface area is 207 Å². The summed E-state index contributed by atoms with van der Waals surface area (Å²) < 4.78 is 20.5. The maximum atomic E-state index is 12.0. The maximum Gasteiger partial charge on any atom is 0.356 e. The number of nitrogens with zero attached hydrogens (tertiary/aromatic N) is 2. The molecule has 8 nitrogen and oxygen atoms in total. The summed E-state index contributed by atoms with van der Waals surface area (Å²) in [6.45, 7) is 1.88. The number of aryl methyl sites for hydroxylation is 1. The fraction of sp³-hybridized carbons (Fsp3) is 0.519. The van der Waals surface area contributed by atoms with E-state index in [0.717, 1.165) is 68.5 Å². The van der Waals surface area contributed by atoms with Gasteiger partial charge in [0.1, 0.15) is 11.4 Å². The van der Waals surface area contributed by atoms with Gasteiger partial charge >= 0.3 is 11.9 Å². The average molecular weight is 485 g/mol. The van der Waals surface area contributed by atoms with E-state index in [1.807, 2.05) is 30.5 Å². The SMILES string of the molecule is COCOc1ccccc1CCN(CCCCC(=O)OC)C1CCCc2cc(C(=O)OC)ncc21. The van der Waals surface area contributed by atoms with Crippen LogP contribution in [0.15, 0.2) is 36.5 Å². The second-order valence-corrected chi connectivity index (χ2v) is 8.65. The monoisotopic (exact) mass is 484 g/mol. The summed E-state index contributed by atoms with van der Waals surface area (Å²) in [6, 6.07) is 10.1. The Kier molecular flexibility index (Phi) is 10.5. The van der Waals surface area contributed by atoms with Gasteiger partial charge in [0.25, 0.3) is 0 Å². The predicted octanol–water partition coefficient (Wildman–Crippen LogP) is 4.12. The summed E-state index contributed by atoms with van der Waals surface area (Å²) in [4.78, 5) is 30.4. The molecule has 0 aliphatic heterocycles. The molecule has 0 amide bonds. The number of carbonyl (C=O) groups excluding carboxylic acids is 2. The minimum absolute atomic E-state index is 0.177. The van der Waals surface area contributed by atoms with E-state index in [-0.39, 0.29) is 18.8 Å². The third-order valence-corrected chi connectivity index (χ3v) is 6.42. The zero-order valence-corrected chi connectivity index (χ0v) is 21.0. The van der Waals surface area contributed by atoms with Gasteiger partial charge in [-0.25, -0.2) is 9.78 Å².